The largest absolute Gasteiger partial charge is 0.383 e. The summed E-state index contributed by atoms with van der Waals surface area (Å²) in [5, 5.41) is 14.0. The van der Waals surface area contributed by atoms with Gasteiger partial charge in [0.25, 0.3) is 0 Å². The molecule has 2 N–H and O–H groups in total. The molecule has 3 aromatic heterocycles. The summed E-state index contributed by atoms with van der Waals surface area (Å²) in [5.41, 5.74) is 2.16. The molecule has 5 aromatic rings. The van der Waals surface area contributed by atoms with E-state index < -0.39 is 17.2 Å². The van der Waals surface area contributed by atoms with Gasteiger partial charge in [-0.25, -0.2) is 13.8 Å². The first kappa shape index (κ1) is 21.6. The third-order valence-corrected chi connectivity index (χ3v) is 5.49. The van der Waals surface area contributed by atoms with Crippen LogP contribution >= 0.6 is 0 Å². The van der Waals surface area contributed by atoms with E-state index in [9.17, 15) is 9.18 Å². The Morgan fingerprint density at radius 1 is 1.09 bits per heavy atom. The number of methoxy groups -OCH3 is 1. The van der Waals surface area contributed by atoms with E-state index in [4.69, 9.17) is 4.74 Å². The number of aromatic nitrogens is 7. The van der Waals surface area contributed by atoms with Crippen LogP contribution in [0.25, 0.3) is 33.7 Å². The summed E-state index contributed by atoms with van der Waals surface area (Å²) < 4.78 is 37.1. The first-order chi connectivity index (χ1) is 16.5. The molecule has 0 amide bonds. The van der Waals surface area contributed by atoms with Gasteiger partial charge in [-0.1, -0.05) is 6.07 Å². The maximum absolute atomic E-state index is 15.0. The quantitative estimate of drug-likeness (QED) is 0.383. The number of rotatable bonds is 7. The average molecular weight is 463 g/mol. The van der Waals surface area contributed by atoms with Crippen molar-refractivity contribution in [3.05, 3.63) is 81.9 Å². The van der Waals surface area contributed by atoms with Crippen LogP contribution in [0, 0.1) is 11.6 Å². The van der Waals surface area contributed by atoms with E-state index in [1.165, 1.54) is 18.2 Å². The van der Waals surface area contributed by atoms with Gasteiger partial charge in [-0.2, -0.15) is 5.21 Å². The number of fused-ring (bicyclic) bond motifs is 1. The van der Waals surface area contributed by atoms with Crippen molar-refractivity contribution in [2.24, 2.45) is 0 Å². The maximum Gasteiger partial charge on any atom is 0.248 e. The summed E-state index contributed by atoms with van der Waals surface area (Å²) in [6.45, 7) is 0.869. The van der Waals surface area contributed by atoms with Crippen molar-refractivity contribution in [2.45, 2.75) is 13.0 Å². The van der Waals surface area contributed by atoms with Gasteiger partial charge < -0.3 is 14.3 Å². The molecule has 5 rings (SSSR count). The van der Waals surface area contributed by atoms with Gasteiger partial charge in [-0.3, -0.25) is 4.79 Å². The second-order valence-corrected chi connectivity index (χ2v) is 7.64. The van der Waals surface area contributed by atoms with E-state index in [-0.39, 0.29) is 23.2 Å². The Hall–Kier alpha value is -4.25. The van der Waals surface area contributed by atoms with Gasteiger partial charge in [0.05, 0.1) is 23.3 Å². The number of nitrogens with zero attached hydrogens (tertiary/aromatic N) is 5. The van der Waals surface area contributed by atoms with Gasteiger partial charge in [0.15, 0.2) is 0 Å². The number of ether oxygens (including phenoxy) is 1. The molecule has 11 heteroatoms. The molecule has 0 aliphatic heterocycles. The highest BCUT2D eigenvalue weighted by molar-refractivity contribution is 5.81. The Kier molecular flexibility index (Phi) is 5.68. The van der Waals surface area contributed by atoms with Crippen LogP contribution in [0.3, 0.4) is 0 Å². The van der Waals surface area contributed by atoms with Crippen molar-refractivity contribution in [3.8, 4) is 22.6 Å². The fourth-order valence-corrected chi connectivity index (χ4v) is 3.87. The van der Waals surface area contributed by atoms with Crippen molar-refractivity contribution < 1.29 is 13.5 Å². The summed E-state index contributed by atoms with van der Waals surface area (Å²) in [6, 6.07) is 12.1. The number of aromatic amines is 2. The van der Waals surface area contributed by atoms with E-state index in [0.29, 0.717) is 30.3 Å². The number of H-pyrrole nitrogens is 2. The molecule has 34 heavy (non-hydrogen) atoms. The van der Waals surface area contributed by atoms with E-state index >= 15 is 4.39 Å². The number of hydrogen-bond acceptors (Lipinski definition) is 6. The van der Waals surface area contributed by atoms with E-state index in [0.717, 1.165) is 23.2 Å². The lowest BCUT2D eigenvalue weighted by Crippen LogP contribution is -2.10. The van der Waals surface area contributed by atoms with Crippen molar-refractivity contribution in [1.29, 1.82) is 0 Å². The molecule has 0 aliphatic rings. The van der Waals surface area contributed by atoms with Crippen LogP contribution in [-0.4, -0.2) is 48.9 Å². The molecular formula is C23H19F2N7O2. The summed E-state index contributed by atoms with van der Waals surface area (Å²) in [7, 11) is 1.59. The number of halogens is 2. The minimum Gasteiger partial charge on any atom is -0.383 e. The number of tetrazole rings is 1. The normalized spacial score (nSPS) is 11.4. The summed E-state index contributed by atoms with van der Waals surface area (Å²) >= 11 is 0. The van der Waals surface area contributed by atoms with E-state index in [1.54, 1.807) is 7.11 Å². The third-order valence-electron chi connectivity index (χ3n) is 5.49. The van der Waals surface area contributed by atoms with Gasteiger partial charge in [0.2, 0.25) is 11.4 Å². The van der Waals surface area contributed by atoms with Crippen LogP contribution in [-0.2, 0) is 17.7 Å². The molecule has 0 saturated heterocycles. The molecule has 2 aromatic carbocycles. The fraction of sp³-hybridized carbons (Fsp3) is 0.174. The SMILES string of the molecule is COCCn1c(Cc2cc(F)c(-c3cccc(=O)[nH]3)cc2F)nc2ccc(-c3nn[nH]n3)cc21. The molecule has 0 atom stereocenters. The Morgan fingerprint density at radius 3 is 2.74 bits per heavy atom. The molecule has 3 heterocycles. The van der Waals surface area contributed by atoms with Crippen molar-refractivity contribution >= 4 is 11.0 Å². The zero-order chi connectivity index (χ0) is 23.7. The van der Waals surface area contributed by atoms with Crippen LogP contribution in [0.5, 0.6) is 0 Å². The molecule has 172 valence electrons. The minimum atomic E-state index is -0.641. The van der Waals surface area contributed by atoms with Crippen LogP contribution < -0.4 is 5.56 Å². The Labute approximate surface area is 191 Å². The van der Waals surface area contributed by atoms with Crippen LogP contribution in [0.1, 0.15) is 11.4 Å². The van der Waals surface area contributed by atoms with Gasteiger partial charge in [0, 0.05) is 37.3 Å². The molecule has 0 aliphatic carbocycles. The Morgan fingerprint density at radius 2 is 1.97 bits per heavy atom. The number of nitrogens with one attached hydrogen (secondary N) is 2. The zero-order valence-corrected chi connectivity index (χ0v) is 18.0. The molecule has 0 saturated carbocycles. The van der Waals surface area contributed by atoms with Crippen LogP contribution in [0.15, 0.2) is 53.3 Å². The van der Waals surface area contributed by atoms with Gasteiger partial charge in [0.1, 0.15) is 17.5 Å². The van der Waals surface area contributed by atoms with Crippen LogP contribution in [0.2, 0.25) is 0 Å². The Balaban J connectivity index is 1.55. The minimum absolute atomic E-state index is 0.0170. The van der Waals surface area contributed by atoms with Gasteiger partial charge >= 0.3 is 0 Å². The van der Waals surface area contributed by atoms with Crippen LogP contribution in [0.4, 0.5) is 8.78 Å². The first-order valence-corrected chi connectivity index (χ1v) is 10.4. The highest BCUT2D eigenvalue weighted by atomic mass is 19.1. The molecule has 9 nitrogen and oxygen atoms in total. The molecule has 0 fully saturated rings. The smallest absolute Gasteiger partial charge is 0.248 e. The highest BCUT2D eigenvalue weighted by Gasteiger charge is 2.18. The highest BCUT2D eigenvalue weighted by Crippen LogP contribution is 2.27. The third kappa shape index (κ3) is 4.08. The monoisotopic (exact) mass is 463 g/mol. The standard InChI is InChI=1S/C23H19F2N7O2/c1-34-8-7-32-20-10-13(23-28-30-31-29-23)5-6-19(20)26-21(32)11-14-9-17(25)15(12-16(14)24)18-3-2-4-22(33)27-18/h2-6,9-10,12H,7-8,11H2,1H3,(H,27,33)(H,28,29,30,31). The number of imidazole rings is 1. The molecule has 0 bridgehead atoms. The Bertz CT molecular complexity index is 1530. The number of benzene rings is 2. The van der Waals surface area contributed by atoms with Crippen molar-refractivity contribution in [3.63, 3.8) is 0 Å². The number of hydrogen-bond donors (Lipinski definition) is 2. The lowest BCUT2D eigenvalue weighted by atomic mass is 10.0. The van der Waals surface area contributed by atoms with Gasteiger partial charge in [-0.15, -0.1) is 10.2 Å². The lowest BCUT2D eigenvalue weighted by Gasteiger charge is -2.11. The molecule has 0 unspecified atom stereocenters. The predicted molar refractivity (Wildman–Crippen MR) is 120 cm³/mol. The van der Waals surface area contributed by atoms with E-state index in [2.05, 4.69) is 30.6 Å². The second kappa shape index (κ2) is 8.94. The first-order valence-electron chi connectivity index (χ1n) is 10.4. The zero-order valence-electron chi connectivity index (χ0n) is 18.0. The predicted octanol–water partition coefficient (Wildman–Crippen LogP) is 3.09. The summed E-state index contributed by atoms with van der Waals surface area (Å²) in [4.78, 5) is 18.7. The maximum atomic E-state index is 15.0. The average Bonchev–Trinajstić information content (AvgIpc) is 3.47. The molecule has 0 radical (unpaired) electrons. The van der Waals surface area contributed by atoms with Gasteiger partial charge in [-0.05, 0) is 47.2 Å². The lowest BCUT2D eigenvalue weighted by molar-refractivity contribution is 0.187. The fourth-order valence-electron chi connectivity index (χ4n) is 3.87. The van der Waals surface area contributed by atoms with Crippen molar-refractivity contribution in [1.82, 2.24) is 35.2 Å². The summed E-state index contributed by atoms with van der Waals surface area (Å²) in [5.74, 6) is -0.252. The van der Waals surface area contributed by atoms with E-state index in [1.807, 2.05) is 22.8 Å². The molecular weight excluding hydrogens is 444 g/mol. The second-order valence-electron chi connectivity index (χ2n) is 7.64. The molecule has 0 spiro atoms. The summed E-state index contributed by atoms with van der Waals surface area (Å²) in [6.07, 6.45) is 0.0598. The van der Waals surface area contributed by atoms with Crippen molar-refractivity contribution in [2.75, 3.05) is 13.7 Å². The number of pyridine rings is 1. The topological polar surface area (TPSA) is 114 Å².